The summed E-state index contributed by atoms with van der Waals surface area (Å²) in [6.07, 6.45) is 3.24. The van der Waals surface area contributed by atoms with Gasteiger partial charge in [-0.1, -0.05) is 12.5 Å². The molecule has 2 rings (SSSR count). The summed E-state index contributed by atoms with van der Waals surface area (Å²) in [5.41, 5.74) is 1.01. The van der Waals surface area contributed by atoms with Crippen LogP contribution in [0.3, 0.4) is 0 Å². The molecule has 0 unspecified atom stereocenters. The number of hydrogen-bond donors (Lipinski definition) is 1. The molecule has 102 valence electrons. The van der Waals surface area contributed by atoms with Gasteiger partial charge in [-0.05, 0) is 37.5 Å². The second-order valence-electron chi connectivity index (χ2n) is 5.21. The van der Waals surface area contributed by atoms with Crippen molar-refractivity contribution in [3.63, 3.8) is 0 Å². The minimum absolute atomic E-state index is 0.0858. The molecule has 0 bridgehead atoms. The summed E-state index contributed by atoms with van der Waals surface area (Å²) in [4.78, 5) is 2.25. The highest BCUT2D eigenvalue weighted by Crippen LogP contribution is 2.25. The zero-order valence-electron chi connectivity index (χ0n) is 11.1. The summed E-state index contributed by atoms with van der Waals surface area (Å²) in [5, 5.41) is 18.3. The van der Waals surface area contributed by atoms with E-state index < -0.39 is 5.82 Å². The number of nitriles is 1. The van der Waals surface area contributed by atoms with Crippen molar-refractivity contribution in [1.29, 1.82) is 5.26 Å². The average molecular weight is 262 g/mol. The maximum atomic E-state index is 13.3. The van der Waals surface area contributed by atoms with Gasteiger partial charge in [0.05, 0.1) is 12.2 Å². The van der Waals surface area contributed by atoms with Crippen molar-refractivity contribution in [2.45, 2.75) is 44.8 Å². The predicted molar refractivity (Wildman–Crippen MR) is 70.8 cm³/mol. The molecule has 1 N–H and O–H groups in total. The van der Waals surface area contributed by atoms with Crippen molar-refractivity contribution in [3.05, 3.63) is 35.1 Å². The van der Waals surface area contributed by atoms with Crippen LogP contribution < -0.4 is 0 Å². The van der Waals surface area contributed by atoms with Crippen LogP contribution in [0.25, 0.3) is 0 Å². The Morgan fingerprint density at radius 3 is 2.95 bits per heavy atom. The number of nitrogens with zero attached hydrogens (tertiary/aromatic N) is 2. The number of rotatable bonds is 3. The summed E-state index contributed by atoms with van der Waals surface area (Å²) in [6.45, 7) is 2.95. The normalized spacial score (nSPS) is 24.1. The Balaban J connectivity index is 2.17. The van der Waals surface area contributed by atoms with Crippen molar-refractivity contribution in [3.8, 4) is 6.07 Å². The highest BCUT2D eigenvalue weighted by molar-refractivity contribution is 5.34. The first-order valence-electron chi connectivity index (χ1n) is 6.71. The van der Waals surface area contributed by atoms with Crippen LogP contribution in [-0.4, -0.2) is 28.7 Å². The van der Waals surface area contributed by atoms with Crippen molar-refractivity contribution >= 4 is 0 Å². The molecule has 0 amide bonds. The first-order valence-corrected chi connectivity index (χ1v) is 6.71. The number of likely N-dealkylation sites (tertiary alicyclic amines) is 1. The van der Waals surface area contributed by atoms with E-state index in [0.29, 0.717) is 12.6 Å². The standard InChI is InChI=1S/C15H19FN2O/c1-11-3-2-4-14(10-19)18(11)9-12-5-6-15(16)13(7-12)8-17/h5-7,11,14,19H,2-4,9-10H2,1H3/t11-,14-/m1/s1. The van der Waals surface area contributed by atoms with Gasteiger partial charge in [0, 0.05) is 18.6 Å². The Kier molecular flexibility index (Phi) is 4.52. The van der Waals surface area contributed by atoms with E-state index in [2.05, 4.69) is 11.8 Å². The number of aliphatic hydroxyl groups is 1. The first-order chi connectivity index (χ1) is 9.15. The minimum atomic E-state index is -0.475. The summed E-state index contributed by atoms with van der Waals surface area (Å²) in [6, 6.07) is 7.10. The molecule has 2 atom stereocenters. The Morgan fingerprint density at radius 2 is 2.26 bits per heavy atom. The summed E-state index contributed by atoms with van der Waals surface area (Å²) < 4.78 is 13.3. The van der Waals surface area contributed by atoms with Gasteiger partial charge in [-0.3, -0.25) is 4.90 Å². The van der Waals surface area contributed by atoms with Gasteiger partial charge in [-0.2, -0.15) is 5.26 Å². The van der Waals surface area contributed by atoms with E-state index in [1.165, 1.54) is 6.07 Å². The van der Waals surface area contributed by atoms with Crippen molar-refractivity contribution in [2.24, 2.45) is 0 Å². The highest BCUT2D eigenvalue weighted by atomic mass is 19.1. The molecular formula is C15H19FN2O. The lowest BCUT2D eigenvalue weighted by atomic mass is 9.96. The molecule has 1 aromatic carbocycles. The van der Waals surface area contributed by atoms with Crippen molar-refractivity contribution in [2.75, 3.05) is 6.61 Å². The van der Waals surface area contributed by atoms with Crippen LogP contribution in [0.5, 0.6) is 0 Å². The molecule has 0 radical (unpaired) electrons. The van der Waals surface area contributed by atoms with Crippen molar-refractivity contribution in [1.82, 2.24) is 4.90 Å². The molecule has 1 heterocycles. The topological polar surface area (TPSA) is 47.3 Å². The molecule has 0 aromatic heterocycles. The fraction of sp³-hybridized carbons (Fsp3) is 0.533. The zero-order valence-corrected chi connectivity index (χ0v) is 11.1. The third-order valence-electron chi connectivity index (χ3n) is 3.92. The molecule has 0 spiro atoms. The summed E-state index contributed by atoms with van der Waals surface area (Å²) >= 11 is 0. The quantitative estimate of drug-likeness (QED) is 0.910. The van der Waals surface area contributed by atoms with Crippen LogP contribution in [0, 0.1) is 17.1 Å². The fourth-order valence-electron chi connectivity index (χ4n) is 2.79. The Hall–Kier alpha value is -1.44. The lowest BCUT2D eigenvalue weighted by Crippen LogP contribution is -2.46. The summed E-state index contributed by atoms with van der Waals surface area (Å²) in [7, 11) is 0. The second-order valence-corrected chi connectivity index (χ2v) is 5.21. The van der Waals surface area contributed by atoms with Gasteiger partial charge in [0.25, 0.3) is 0 Å². The Morgan fingerprint density at radius 1 is 1.47 bits per heavy atom. The number of halogens is 1. The van der Waals surface area contributed by atoms with E-state index in [9.17, 15) is 9.50 Å². The van der Waals surface area contributed by atoms with Gasteiger partial charge in [0.15, 0.2) is 0 Å². The third-order valence-corrected chi connectivity index (χ3v) is 3.92. The lowest BCUT2D eigenvalue weighted by Gasteiger charge is -2.40. The fourth-order valence-corrected chi connectivity index (χ4v) is 2.79. The van der Waals surface area contributed by atoms with E-state index in [-0.39, 0.29) is 18.2 Å². The number of piperidine rings is 1. The summed E-state index contributed by atoms with van der Waals surface area (Å²) in [5.74, 6) is -0.475. The van der Waals surface area contributed by atoms with E-state index in [4.69, 9.17) is 5.26 Å². The van der Waals surface area contributed by atoms with E-state index in [1.54, 1.807) is 12.1 Å². The Labute approximate surface area is 113 Å². The average Bonchev–Trinajstić information content (AvgIpc) is 2.43. The molecule has 1 saturated heterocycles. The molecule has 1 aliphatic heterocycles. The lowest BCUT2D eigenvalue weighted by molar-refractivity contribution is 0.0451. The molecule has 3 nitrogen and oxygen atoms in total. The molecule has 0 saturated carbocycles. The van der Waals surface area contributed by atoms with E-state index in [1.807, 2.05) is 6.07 Å². The van der Waals surface area contributed by atoms with Crippen LogP contribution in [-0.2, 0) is 6.54 Å². The monoisotopic (exact) mass is 262 g/mol. The van der Waals surface area contributed by atoms with Crippen LogP contribution in [0.1, 0.15) is 37.3 Å². The SMILES string of the molecule is C[C@@H]1CCC[C@H](CO)N1Cc1ccc(F)c(C#N)c1. The van der Waals surface area contributed by atoms with Crippen molar-refractivity contribution < 1.29 is 9.50 Å². The minimum Gasteiger partial charge on any atom is -0.395 e. The molecule has 19 heavy (non-hydrogen) atoms. The molecule has 0 aliphatic carbocycles. The highest BCUT2D eigenvalue weighted by Gasteiger charge is 2.27. The van der Waals surface area contributed by atoms with Crippen LogP contribution in [0.4, 0.5) is 4.39 Å². The number of benzene rings is 1. The van der Waals surface area contributed by atoms with Gasteiger partial charge in [-0.15, -0.1) is 0 Å². The molecule has 1 fully saturated rings. The zero-order chi connectivity index (χ0) is 13.8. The van der Waals surface area contributed by atoms with Crippen LogP contribution in [0.2, 0.25) is 0 Å². The number of aliphatic hydroxyl groups excluding tert-OH is 1. The van der Waals surface area contributed by atoms with E-state index in [0.717, 1.165) is 24.8 Å². The largest absolute Gasteiger partial charge is 0.395 e. The van der Waals surface area contributed by atoms with Gasteiger partial charge >= 0.3 is 0 Å². The van der Waals surface area contributed by atoms with Gasteiger partial charge in [0.1, 0.15) is 11.9 Å². The predicted octanol–water partition coefficient (Wildman–Crippen LogP) is 2.43. The third kappa shape index (κ3) is 3.12. The van der Waals surface area contributed by atoms with Crippen LogP contribution in [0.15, 0.2) is 18.2 Å². The Bertz CT molecular complexity index is 484. The molecule has 4 heteroatoms. The van der Waals surface area contributed by atoms with Gasteiger partial charge < -0.3 is 5.11 Å². The number of hydrogen-bond acceptors (Lipinski definition) is 3. The molecule has 1 aromatic rings. The smallest absolute Gasteiger partial charge is 0.140 e. The molecule has 1 aliphatic rings. The first kappa shape index (κ1) is 14.0. The van der Waals surface area contributed by atoms with Gasteiger partial charge in [-0.25, -0.2) is 4.39 Å². The molecular weight excluding hydrogens is 243 g/mol. The van der Waals surface area contributed by atoms with Gasteiger partial charge in [0.2, 0.25) is 0 Å². The maximum Gasteiger partial charge on any atom is 0.140 e. The second kappa shape index (κ2) is 6.14. The van der Waals surface area contributed by atoms with Crippen LogP contribution >= 0.6 is 0 Å². The maximum absolute atomic E-state index is 13.3. The van der Waals surface area contributed by atoms with E-state index >= 15 is 0 Å².